The molecule has 0 amide bonds. The van der Waals surface area contributed by atoms with Crippen molar-refractivity contribution in [1.82, 2.24) is 15.0 Å². The predicted octanol–water partition coefficient (Wildman–Crippen LogP) is 2.69. The normalized spacial score (nSPS) is 25.1. The molecule has 3 heterocycles. The molecule has 5 rings (SSSR count). The van der Waals surface area contributed by atoms with Gasteiger partial charge in [-0.25, -0.2) is 0 Å². The van der Waals surface area contributed by atoms with Crippen LogP contribution < -0.4 is 15.1 Å². The Hall–Kier alpha value is -1.63. The molecule has 1 aromatic rings. The Balaban J connectivity index is 1.39. The van der Waals surface area contributed by atoms with E-state index in [2.05, 4.69) is 15.1 Å². The summed E-state index contributed by atoms with van der Waals surface area (Å²) in [6, 6.07) is 0. The summed E-state index contributed by atoms with van der Waals surface area (Å²) >= 11 is 0. The first kappa shape index (κ1) is 17.5. The van der Waals surface area contributed by atoms with Crippen molar-refractivity contribution in [2.45, 2.75) is 51.4 Å². The number of rotatable bonds is 6. The molecular weight excluding hydrogens is 340 g/mol. The lowest BCUT2D eigenvalue weighted by atomic mass is 9.95. The van der Waals surface area contributed by atoms with Crippen molar-refractivity contribution < 1.29 is 4.74 Å². The summed E-state index contributed by atoms with van der Waals surface area (Å²) in [5, 5.41) is 3.34. The molecule has 4 aliphatic rings. The van der Waals surface area contributed by atoms with E-state index in [1.165, 1.54) is 51.4 Å². The summed E-state index contributed by atoms with van der Waals surface area (Å²) in [5.41, 5.74) is 1.11. The fourth-order valence-corrected chi connectivity index (χ4v) is 4.91. The van der Waals surface area contributed by atoms with Crippen LogP contribution in [0.25, 0.3) is 0 Å². The maximum absolute atomic E-state index is 5.17. The zero-order chi connectivity index (χ0) is 18.3. The highest BCUT2D eigenvalue weighted by Gasteiger charge is 2.47. The van der Waals surface area contributed by atoms with Crippen LogP contribution in [0.3, 0.4) is 0 Å². The lowest BCUT2D eigenvalue weighted by Gasteiger charge is -2.35. The van der Waals surface area contributed by atoms with E-state index < -0.39 is 0 Å². The Labute approximate surface area is 161 Å². The van der Waals surface area contributed by atoms with Gasteiger partial charge >= 0.3 is 0 Å². The van der Waals surface area contributed by atoms with E-state index in [9.17, 15) is 0 Å². The quantitative estimate of drug-likeness (QED) is 0.770. The summed E-state index contributed by atoms with van der Waals surface area (Å²) in [4.78, 5) is 19.3. The third-order valence-electron chi connectivity index (χ3n) is 7.00. The molecular formula is C20H32N6O. The SMILES string of the molecule is COCCNc1nc(N2CCCC3(CC3)C2)nc(N2CCCC3(CC3)C2)n1. The van der Waals surface area contributed by atoms with Crippen LogP contribution in [0.4, 0.5) is 17.8 Å². The van der Waals surface area contributed by atoms with Crippen LogP contribution in [0.1, 0.15) is 51.4 Å². The molecule has 27 heavy (non-hydrogen) atoms. The summed E-state index contributed by atoms with van der Waals surface area (Å²) < 4.78 is 5.17. The van der Waals surface area contributed by atoms with Crippen LogP contribution in [-0.4, -0.2) is 61.4 Å². The van der Waals surface area contributed by atoms with Crippen molar-refractivity contribution in [2.75, 3.05) is 61.6 Å². The number of nitrogens with one attached hydrogen (secondary N) is 1. The van der Waals surface area contributed by atoms with Gasteiger partial charge in [0.25, 0.3) is 0 Å². The van der Waals surface area contributed by atoms with Crippen molar-refractivity contribution in [3.05, 3.63) is 0 Å². The smallest absolute Gasteiger partial charge is 0.231 e. The van der Waals surface area contributed by atoms with Crippen LogP contribution in [0.5, 0.6) is 0 Å². The Morgan fingerprint density at radius 2 is 1.41 bits per heavy atom. The monoisotopic (exact) mass is 372 g/mol. The number of piperidine rings is 2. The molecule has 2 saturated carbocycles. The molecule has 0 aromatic carbocycles. The second-order valence-corrected chi connectivity index (χ2v) is 9.23. The molecule has 0 atom stereocenters. The van der Waals surface area contributed by atoms with E-state index in [-0.39, 0.29) is 0 Å². The van der Waals surface area contributed by atoms with Gasteiger partial charge in [0.05, 0.1) is 6.61 Å². The highest BCUT2D eigenvalue weighted by Crippen LogP contribution is 2.53. The lowest BCUT2D eigenvalue weighted by Crippen LogP contribution is -2.40. The third kappa shape index (κ3) is 3.71. The molecule has 2 aliphatic heterocycles. The molecule has 0 unspecified atom stereocenters. The van der Waals surface area contributed by atoms with Gasteiger partial charge in [0.1, 0.15) is 0 Å². The van der Waals surface area contributed by atoms with E-state index in [4.69, 9.17) is 19.7 Å². The molecule has 2 spiro atoms. The van der Waals surface area contributed by atoms with Crippen molar-refractivity contribution in [3.8, 4) is 0 Å². The Morgan fingerprint density at radius 1 is 0.852 bits per heavy atom. The van der Waals surface area contributed by atoms with E-state index in [0.717, 1.165) is 38.1 Å². The van der Waals surface area contributed by atoms with Gasteiger partial charge in [0, 0.05) is 39.8 Å². The number of methoxy groups -OCH3 is 1. The van der Waals surface area contributed by atoms with Gasteiger partial charge in [0.2, 0.25) is 17.8 Å². The van der Waals surface area contributed by atoms with Crippen LogP contribution in [0.15, 0.2) is 0 Å². The lowest BCUT2D eigenvalue weighted by molar-refractivity contribution is 0.210. The van der Waals surface area contributed by atoms with Gasteiger partial charge in [-0.05, 0) is 62.2 Å². The summed E-state index contributed by atoms with van der Waals surface area (Å²) in [6.07, 6.45) is 10.7. The van der Waals surface area contributed by atoms with Crippen molar-refractivity contribution >= 4 is 17.8 Å². The molecule has 148 valence electrons. The minimum absolute atomic E-state index is 0.553. The van der Waals surface area contributed by atoms with Gasteiger partial charge < -0.3 is 19.9 Å². The Kier molecular flexibility index (Phi) is 4.37. The zero-order valence-electron chi connectivity index (χ0n) is 16.5. The highest BCUT2D eigenvalue weighted by atomic mass is 16.5. The van der Waals surface area contributed by atoms with Crippen LogP contribution >= 0.6 is 0 Å². The molecule has 0 radical (unpaired) electrons. The first-order valence-electron chi connectivity index (χ1n) is 10.7. The maximum atomic E-state index is 5.17. The first-order valence-corrected chi connectivity index (χ1v) is 10.7. The standard InChI is InChI=1S/C20H32N6O/c1-27-13-10-21-16-22-17(25-11-2-4-19(14-25)6-7-19)24-18(23-16)26-12-3-5-20(15-26)8-9-20/h2-15H2,1H3,(H,21,22,23,24). The topological polar surface area (TPSA) is 66.4 Å². The predicted molar refractivity (Wildman–Crippen MR) is 106 cm³/mol. The second kappa shape index (κ2) is 6.76. The van der Waals surface area contributed by atoms with Crippen molar-refractivity contribution in [2.24, 2.45) is 10.8 Å². The number of hydrogen-bond acceptors (Lipinski definition) is 7. The second-order valence-electron chi connectivity index (χ2n) is 9.23. The average Bonchev–Trinajstić information content (AvgIpc) is 3.62. The number of aromatic nitrogens is 3. The van der Waals surface area contributed by atoms with Gasteiger partial charge in [-0.3, -0.25) is 0 Å². The van der Waals surface area contributed by atoms with E-state index in [0.29, 0.717) is 29.9 Å². The van der Waals surface area contributed by atoms with Crippen LogP contribution in [0.2, 0.25) is 0 Å². The molecule has 0 bridgehead atoms. The van der Waals surface area contributed by atoms with Crippen LogP contribution in [-0.2, 0) is 4.74 Å². The van der Waals surface area contributed by atoms with E-state index in [1.54, 1.807) is 7.11 Å². The van der Waals surface area contributed by atoms with Gasteiger partial charge in [-0.2, -0.15) is 15.0 Å². The summed E-state index contributed by atoms with van der Waals surface area (Å²) in [6.45, 7) is 5.71. The third-order valence-corrected chi connectivity index (χ3v) is 7.00. The first-order chi connectivity index (χ1) is 13.2. The van der Waals surface area contributed by atoms with Crippen molar-refractivity contribution in [3.63, 3.8) is 0 Å². The molecule has 2 aliphatic carbocycles. The number of anilines is 3. The minimum atomic E-state index is 0.553. The zero-order valence-corrected chi connectivity index (χ0v) is 16.5. The summed E-state index contributed by atoms with van der Waals surface area (Å²) in [7, 11) is 1.72. The Morgan fingerprint density at radius 3 is 1.89 bits per heavy atom. The molecule has 4 fully saturated rings. The molecule has 1 aromatic heterocycles. The number of nitrogens with zero attached hydrogens (tertiary/aromatic N) is 5. The fourth-order valence-electron chi connectivity index (χ4n) is 4.91. The van der Waals surface area contributed by atoms with Gasteiger partial charge in [-0.15, -0.1) is 0 Å². The fraction of sp³-hybridized carbons (Fsp3) is 0.850. The molecule has 7 heteroatoms. The van der Waals surface area contributed by atoms with Crippen molar-refractivity contribution in [1.29, 1.82) is 0 Å². The number of ether oxygens (including phenoxy) is 1. The van der Waals surface area contributed by atoms with E-state index in [1.807, 2.05) is 0 Å². The Bertz CT molecular complexity index is 637. The molecule has 7 nitrogen and oxygen atoms in total. The van der Waals surface area contributed by atoms with E-state index >= 15 is 0 Å². The van der Waals surface area contributed by atoms with Gasteiger partial charge in [0.15, 0.2) is 0 Å². The van der Waals surface area contributed by atoms with Crippen LogP contribution in [0, 0.1) is 10.8 Å². The maximum Gasteiger partial charge on any atom is 0.231 e. The molecule has 1 N–H and O–H groups in total. The largest absolute Gasteiger partial charge is 0.383 e. The number of hydrogen-bond donors (Lipinski definition) is 1. The van der Waals surface area contributed by atoms with Gasteiger partial charge in [-0.1, -0.05) is 0 Å². The highest BCUT2D eigenvalue weighted by molar-refractivity contribution is 5.46. The minimum Gasteiger partial charge on any atom is -0.383 e. The average molecular weight is 373 g/mol. The molecule has 2 saturated heterocycles. The summed E-state index contributed by atoms with van der Waals surface area (Å²) in [5.74, 6) is 2.42.